The van der Waals surface area contributed by atoms with E-state index in [0.717, 1.165) is 24.8 Å². The van der Waals surface area contributed by atoms with Crippen LogP contribution in [0.25, 0.3) is 0 Å². The minimum absolute atomic E-state index is 0.0495. The summed E-state index contributed by atoms with van der Waals surface area (Å²) >= 11 is 5.93. The summed E-state index contributed by atoms with van der Waals surface area (Å²) in [5, 5.41) is 3.05. The van der Waals surface area contributed by atoms with E-state index in [1.54, 1.807) is 36.4 Å². The van der Waals surface area contributed by atoms with Gasteiger partial charge in [-0.15, -0.1) is 0 Å². The molecule has 2 nitrogen and oxygen atoms in total. The Morgan fingerprint density at radius 3 is 2.48 bits per heavy atom. The van der Waals surface area contributed by atoms with E-state index in [9.17, 15) is 18.0 Å². The number of rotatable bonds is 6. The lowest BCUT2D eigenvalue weighted by Crippen LogP contribution is -2.35. The molecule has 6 heteroatoms. The number of carbonyl (C=O) groups excluding carboxylic acids is 1. The van der Waals surface area contributed by atoms with E-state index >= 15 is 0 Å². The van der Waals surface area contributed by atoms with E-state index in [2.05, 4.69) is 5.32 Å². The molecular weight excluding hydrogens is 399 g/mol. The van der Waals surface area contributed by atoms with Gasteiger partial charge in [-0.1, -0.05) is 29.8 Å². The SMILES string of the molecule is O=C(Nc1cc(CC2CC2)ccc1F)[C@H](c1ccc(Cl)cc1)C1CCCC1(F)F. The van der Waals surface area contributed by atoms with Gasteiger partial charge in [-0.25, -0.2) is 13.2 Å². The molecule has 2 aliphatic carbocycles. The minimum Gasteiger partial charge on any atom is -0.323 e. The Hall–Kier alpha value is -2.01. The smallest absolute Gasteiger partial charge is 0.252 e. The third-order valence-corrected chi connectivity index (χ3v) is 6.24. The van der Waals surface area contributed by atoms with Gasteiger partial charge in [0.2, 0.25) is 5.91 Å². The molecule has 2 aliphatic rings. The second kappa shape index (κ2) is 8.02. The Morgan fingerprint density at radius 1 is 1.14 bits per heavy atom. The number of benzene rings is 2. The van der Waals surface area contributed by atoms with Crippen LogP contribution >= 0.6 is 11.6 Å². The van der Waals surface area contributed by atoms with Crippen molar-refractivity contribution in [3.05, 3.63) is 64.4 Å². The second-order valence-electron chi connectivity index (χ2n) is 8.24. The first-order valence-electron chi connectivity index (χ1n) is 10.1. The number of alkyl halides is 2. The number of hydrogen-bond acceptors (Lipinski definition) is 1. The first-order chi connectivity index (χ1) is 13.8. The third kappa shape index (κ3) is 4.61. The lowest BCUT2D eigenvalue weighted by atomic mass is 9.82. The highest BCUT2D eigenvalue weighted by Crippen LogP contribution is 2.48. The zero-order valence-corrected chi connectivity index (χ0v) is 16.7. The van der Waals surface area contributed by atoms with Gasteiger partial charge in [0, 0.05) is 17.4 Å². The maximum absolute atomic E-state index is 14.5. The summed E-state index contributed by atoms with van der Waals surface area (Å²) in [7, 11) is 0. The first-order valence-corrected chi connectivity index (χ1v) is 10.4. The topological polar surface area (TPSA) is 29.1 Å². The van der Waals surface area contributed by atoms with Crippen LogP contribution in [0.4, 0.5) is 18.9 Å². The predicted octanol–water partition coefficient (Wildman–Crippen LogP) is 6.59. The van der Waals surface area contributed by atoms with Crippen LogP contribution in [0.5, 0.6) is 0 Å². The molecule has 1 unspecified atom stereocenters. The summed E-state index contributed by atoms with van der Waals surface area (Å²) in [5.41, 5.74) is 1.46. The molecule has 1 N–H and O–H groups in total. The summed E-state index contributed by atoms with van der Waals surface area (Å²) < 4.78 is 43.4. The van der Waals surface area contributed by atoms with Crippen molar-refractivity contribution >= 4 is 23.2 Å². The molecule has 0 saturated heterocycles. The molecule has 0 aliphatic heterocycles. The Balaban J connectivity index is 1.62. The maximum atomic E-state index is 14.5. The highest BCUT2D eigenvalue weighted by atomic mass is 35.5. The second-order valence-corrected chi connectivity index (χ2v) is 8.68. The van der Waals surface area contributed by atoms with Crippen molar-refractivity contribution in [3.63, 3.8) is 0 Å². The Morgan fingerprint density at radius 2 is 1.86 bits per heavy atom. The number of carbonyl (C=O) groups is 1. The van der Waals surface area contributed by atoms with Crippen molar-refractivity contribution < 1.29 is 18.0 Å². The molecule has 29 heavy (non-hydrogen) atoms. The highest BCUT2D eigenvalue weighted by molar-refractivity contribution is 6.30. The number of hydrogen-bond donors (Lipinski definition) is 1. The maximum Gasteiger partial charge on any atom is 0.252 e. The van der Waals surface area contributed by atoms with Crippen molar-refractivity contribution in [3.8, 4) is 0 Å². The molecule has 4 rings (SSSR count). The van der Waals surface area contributed by atoms with Crippen LogP contribution in [0.2, 0.25) is 5.02 Å². The van der Waals surface area contributed by atoms with E-state index < -0.39 is 29.5 Å². The van der Waals surface area contributed by atoms with Gasteiger partial charge in [0.15, 0.2) is 0 Å². The molecule has 2 atom stereocenters. The average molecular weight is 422 g/mol. The first kappa shape index (κ1) is 20.3. The van der Waals surface area contributed by atoms with Gasteiger partial charge in [-0.3, -0.25) is 4.79 Å². The largest absolute Gasteiger partial charge is 0.323 e. The van der Waals surface area contributed by atoms with Gasteiger partial charge in [0.05, 0.1) is 11.6 Å². The molecule has 0 spiro atoms. The molecule has 0 radical (unpaired) electrons. The molecular formula is C23H23ClF3NO. The van der Waals surface area contributed by atoms with Crippen LogP contribution in [-0.2, 0) is 11.2 Å². The molecule has 154 valence electrons. The van der Waals surface area contributed by atoms with Gasteiger partial charge in [0.1, 0.15) is 5.82 Å². The van der Waals surface area contributed by atoms with Gasteiger partial charge in [-0.05, 0) is 73.4 Å². The zero-order valence-electron chi connectivity index (χ0n) is 15.9. The van der Waals surface area contributed by atoms with Crippen LogP contribution in [0.15, 0.2) is 42.5 Å². The number of anilines is 1. The van der Waals surface area contributed by atoms with Crippen molar-refractivity contribution in [2.24, 2.45) is 11.8 Å². The van der Waals surface area contributed by atoms with Crippen LogP contribution in [0.3, 0.4) is 0 Å². The van der Waals surface area contributed by atoms with Gasteiger partial charge >= 0.3 is 0 Å². The van der Waals surface area contributed by atoms with Crippen LogP contribution in [0.1, 0.15) is 49.1 Å². The summed E-state index contributed by atoms with van der Waals surface area (Å²) in [6.07, 6.45) is 3.53. The van der Waals surface area contributed by atoms with Crippen LogP contribution in [0, 0.1) is 17.7 Å². The molecule has 0 aromatic heterocycles. The Labute approximate surface area is 173 Å². The minimum atomic E-state index is -2.94. The molecule has 2 fully saturated rings. The van der Waals surface area contributed by atoms with E-state index in [1.165, 1.54) is 6.07 Å². The fourth-order valence-corrected chi connectivity index (χ4v) is 4.39. The molecule has 1 amide bonds. The summed E-state index contributed by atoms with van der Waals surface area (Å²) in [6, 6.07) is 11.0. The zero-order chi connectivity index (χ0) is 20.6. The summed E-state index contributed by atoms with van der Waals surface area (Å²) in [4.78, 5) is 13.1. The molecule has 2 saturated carbocycles. The Bertz CT molecular complexity index is 895. The van der Waals surface area contributed by atoms with Crippen LogP contribution < -0.4 is 5.32 Å². The third-order valence-electron chi connectivity index (χ3n) is 5.99. The Kier molecular flexibility index (Phi) is 5.60. The fraction of sp³-hybridized carbons (Fsp3) is 0.435. The van der Waals surface area contributed by atoms with E-state index in [4.69, 9.17) is 11.6 Å². The van der Waals surface area contributed by atoms with Crippen molar-refractivity contribution in [1.82, 2.24) is 0 Å². The highest BCUT2D eigenvalue weighted by Gasteiger charge is 2.50. The monoisotopic (exact) mass is 421 g/mol. The van der Waals surface area contributed by atoms with Crippen molar-refractivity contribution in [1.29, 1.82) is 0 Å². The van der Waals surface area contributed by atoms with Gasteiger partial charge in [0.25, 0.3) is 5.92 Å². The molecule has 0 heterocycles. The standard InChI is InChI=1S/C23H23ClF3NO/c24-17-8-6-16(7-9-17)21(18-2-1-11-23(18,26)27)22(29)28-20-13-15(5-10-19(20)25)12-14-3-4-14/h5-10,13-14,18,21H,1-4,11-12H2,(H,28,29)/t18?,21-/m1/s1. The van der Waals surface area contributed by atoms with Gasteiger partial charge < -0.3 is 5.32 Å². The normalized spacial score (nSPS) is 21.7. The molecule has 2 aromatic carbocycles. The summed E-state index contributed by atoms with van der Waals surface area (Å²) in [6.45, 7) is 0. The molecule has 2 aromatic rings. The lowest BCUT2D eigenvalue weighted by molar-refractivity contribution is -0.123. The average Bonchev–Trinajstić information content (AvgIpc) is 3.42. The fourth-order valence-electron chi connectivity index (χ4n) is 4.26. The van der Waals surface area contributed by atoms with Crippen molar-refractivity contribution in [2.45, 2.75) is 50.4 Å². The van der Waals surface area contributed by atoms with E-state index in [0.29, 0.717) is 22.9 Å². The summed E-state index contributed by atoms with van der Waals surface area (Å²) in [5.74, 6) is -5.69. The van der Waals surface area contributed by atoms with Crippen molar-refractivity contribution in [2.75, 3.05) is 5.32 Å². The number of halogens is 4. The molecule has 0 bridgehead atoms. The van der Waals surface area contributed by atoms with Crippen LogP contribution in [-0.4, -0.2) is 11.8 Å². The quantitative estimate of drug-likeness (QED) is 0.560. The predicted molar refractivity (Wildman–Crippen MR) is 108 cm³/mol. The van der Waals surface area contributed by atoms with E-state index in [-0.39, 0.29) is 18.5 Å². The number of nitrogens with one attached hydrogen (secondary N) is 1. The number of amides is 1. The van der Waals surface area contributed by atoms with E-state index in [1.807, 2.05) is 0 Å². The van der Waals surface area contributed by atoms with Gasteiger partial charge in [-0.2, -0.15) is 0 Å². The lowest BCUT2D eigenvalue weighted by Gasteiger charge is -2.28.